The van der Waals surface area contributed by atoms with Crippen LogP contribution in [0.4, 0.5) is 0 Å². The van der Waals surface area contributed by atoms with Gasteiger partial charge in [0.25, 0.3) is 5.91 Å². The molecule has 0 spiro atoms. The summed E-state index contributed by atoms with van der Waals surface area (Å²) >= 11 is 0. The lowest BCUT2D eigenvalue weighted by atomic mass is 9.84. The number of likely N-dealkylation sites (N-methyl/N-ethyl adjacent to an activating group) is 1. The van der Waals surface area contributed by atoms with E-state index in [1.165, 1.54) is 0 Å². The Hall–Kier alpha value is -3.28. The van der Waals surface area contributed by atoms with Gasteiger partial charge in [-0.25, -0.2) is 0 Å². The Balaban J connectivity index is 1.46. The topological polar surface area (TPSA) is 84.0 Å². The van der Waals surface area contributed by atoms with Gasteiger partial charge in [-0.05, 0) is 59.4 Å². The maximum Gasteiger partial charge on any atom is 0.251 e. The van der Waals surface area contributed by atoms with Gasteiger partial charge in [0.1, 0.15) is 0 Å². The van der Waals surface area contributed by atoms with E-state index in [4.69, 9.17) is 4.98 Å². The van der Waals surface area contributed by atoms with Crippen molar-refractivity contribution < 1.29 is 9.59 Å². The first kappa shape index (κ1) is 24.8. The summed E-state index contributed by atoms with van der Waals surface area (Å²) in [7, 11) is 1.67. The van der Waals surface area contributed by atoms with Gasteiger partial charge in [0, 0.05) is 48.0 Å². The highest BCUT2D eigenvalue weighted by Gasteiger charge is 2.32. The summed E-state index contributed by atoms with van der Waals surface area (Å²) in [5, 5.41) is 7.95. The zero-order valence-corrected chi connectivity index (χ0v) is 21.7. The number of aromatic nitrogens is 2. The molecule has 1 aliphatic carbocycles. The molecule has 0 unspecified atom stereocenters. The molecular formula is C29H36N4O2. The fourth-order valence-electron chi connectivity index (χ4n) is 4.88. The summed E-state index contributed by atoms with van der Waals surface area (Å²) in [6, 6.07) is 9.97. The summed E-state index contributed by atoms with van der Waals surface area (Å²) in [5.74, 6) is -0.230. The second-order valence-electron chi connectivity index (χ2n) is 11.2. The summed E-state index contributed by atoms with van der Waals surface area (Å²) in [4.78, 5) is 34.6. The summed E-state index contributed by atoms with van der Waals surface area (Å²) in [6.07, 6.45) is 6.16. The molecule has 0 bridgehead atoms. The van der Waals surface area contributed by atoms with Crippen molar-refractivity contribution >= 4 is 22.6 Å². The molecule has 0 aliphatic heterocycles. The quantitative estimate of drug-likeness (QED) is 0.540. The molecule has 35 heavy (non-hydrogen) atoms. The Morgan fingerprint density at radius 1 is 1.06 bits per heavy atom. The minimum Gasteiger partial charge on any atom is -0.359 e. The van der Waals surface area contributed by atoms with Crippen molar-refractivity contribution in [1.82, 2.24) is 20.6 Å². The van der Waals surface area contributed by atoms with E-state index in [-0.39, 0.29) is 28.6 Å². The number of amides is 2. The van der Waals surface area contributed by atoms with Gasteiger partial charge < -0.3 is 10.6 Å². The van der Waals surface area contributed by atoms with Crippen LogP contribution in [0.25, 0.3) is 10.8 Å². The van der Waals surface area contributed by atoms with Gasteiger partial charge >= 0.3 is 0 Å². The zero-order chi connectivity index (χ0) is 25.4. The minimum absolute atomic E-state index is 0.0271. The lowest BCUT2D eigenvalue weighted by molar-refractivity contribution is -0.122. The Kier molecular flexibility index (Phi) is 6.67. The van der Waals surface area contributed by atoms with Gasteiger partial charge in [0.05, 0.1) is 11.6 Å². The second-order valence-corrected chi connectivity index (χ2v) is 11.2. The Morgan fingerprint density at radius 3 is 2.54 bits per heavy atom. The molecule has 2 heterocycles. The number of benzene rings is 1. The lowest BCUT2D eigenvalue weighted by Gasteiger charge is -2.25. The van der Waals surface area contributed by atoms with Crippen molar-refractivity contribution in [3.63, 3.8) is 0 Å². The van der Waals surface area contributed by atoms with E-state index in [2.05, 4.69) is 62.4 Å². The predicted octanol–water partition coefficient (Wildman–Crippen LogP) is 4.80. The molecule has 0 saturated heterocycles. The number of pyridine rings is 2. The SMILES string of the molecule is CNC(=O)[C@@H]1CCc2ccc(C(C)(C)CCNC(=O)c3ccc4cncc(C(C)(C)C)c4c3)nc21. The Morgan fingerprint density at radius 2 is 1.83 bits per heavy atom. The highest BCUT2D eigenvalue weighted by atomic mass is 16.2. The van der Waals surface area contributed by atoms with Crippen LogP contribution < -0.4 is 10.6 Å². The molecule has 6 nitrogen and oxygen atoms in total. The third-order valence-corrected chi connectivity index (χ3v) is 7.17. The molecule has 1 aromatic carbocycles. The smallest absolute Gasteiger partial charge is 0.251 e. The predicted molar refractivity (Wildman–Crippen MR) is 140 cm³/mol. The standard InChI is InChI=1S/C29H36N4O2/c1-28(2,3)23-17-31-16-20-8-7-19(15-22(20)23)26(34)32-14-13-29(4,5)24-12-10-18-9-11-21(25(18)33-24)27(35)30-6/h7-8,10,12,15-17,21H,9,11,13-14H2,1-6H3,(H,30,35)(H,32,34)/t21-/m1/s1. The van der Waals surface area contributed by atoms with Crippen molar-refractivity contribution in [2.24, 2.45) is 0 Å². The molecular weight excluding hydrogens is 436 g/mol. The Labute approximate surface area is 208 Å². The molecule has 0 saturated carbocycles. The van der Waals surface area contributed by atoms with Crippen LogP contribution in [0.1, 0.15) is 86.3 Å². The molecule has 184 valence electrons. The first-order valence-electron chi connectivity index (χ1n) is 12.4. The minimum atomic E-state index is -0.243. The fraction of sp³-hybridized carbons (Fsp3) is 0.448. The number of nitrogens with one attached hydrogen (secondary N) is 2. The van der Waals surface area contributed by atoms with Gasteiger partial charge in [-0.3, -0.25) is 19.6 Å². The summed E-state index contributed by atoms with van der Waals surface area (Å²) in [6.45, 7) is 11.3. The number of rotatable bonds is 6. The highest BCUT2D eigenvalue weighted by Crippen LogP contribution is 2.35. The monoisotopic (exact) mass is 472 g/mol. The van der Waals surface area contributed by atoms with Crippen LogP contribution in [0.3, 0.4) is 0 Å². The third-order valence-electron chi connectivity index (χ3n) is 7.17. The van der Waals surface area contributed by atoms with E-state index < -0.39 is 0 Å². The first-order valence-corrected chi connectivity index (χ1v) is 12.4. The van der Waals surface area contributed by atoms with Gasteiger partial charge in [-0.2, -0.15) is 0 Å². The van der Waals surface area contributed by atoms with Crippen LogP contribution in [-0.4, -0.2) is 35.4 Å². The average Bonchev–Trinajstić information content (AvgIpc) is 3.25. The number of hydrogen-bond donors (Lipinski definition) is 2. The number of fused-ring (bicyclic) bond motifs is 2. The van der Waals surface area contributed by atoms with E-state index >= 15 is 0 Å². The molecule has 2 amide bonds. The van der Waals surface area contributed by atoms with Crippen LogP contribution in [0.2, 0.25) is 0 Å². The van der Waals surface area contributed by atoms with Crippen LogP contribution in [0.15, 0.2) is 42.7 Å². The largest absolute Gasteiger partial charge is 0.359 e. The van der Waals surface area contributed by atoms with E-state index in [1.807, 2.05) is 30.6 Å². The lowest BCUT2D eigenvalue weighted by Crippen LogP contribution is -2.31. The van der Waals surface area contributed by atoms with Gasteiger partial charge in [0.15, 0.2) is 0 Å². The van der Waals surface area contributed by atoms with Crippen molar-refractivity contribution in [2.75, 3.05) is 13.6 Å². The summed E-state index contributed by atoms with van der Waals surface area (Å²) in [5.41, 5.74) is 4.48. The molecule has 6 heteroatoms. The van der Waals surface area contributed by atoms with Crippen molar-refractivity contribution in [1.29, 1.82) is 0 Å². The molecule has 1 atom stereocenters. The number of carbonyl (C=O) groups excluding carboxylic acids is 2. The van der Waals surface area contributed by atoms with Gasteiger partial charge in [0.2, 0.25) is 5.91 Å². The van der Waals surface area contributed by atoms with E-state index in [0.717, 1.165) is 52.5 Å². The zero-order valence-electron chi connectivity index (χ0n) is 21.7. The average molecular weight is 473 g/mol. The van der Waals surface area contributed by atoms with Crippen LogP contribution in [0, 0.1) is 0 Å². The number of carbonyl (C=O) groups is 2. The molecule has 2 aromatic heterocycles. The summed E-state index contributed by atoms with van der Waals surface area (Å²) < 4.78 is 0. The van der Waals surface area contributed by atoms with E-state index in [9.17, 15) is 9.59 Å². The van der Waals surface area contributed by atoms with Crippen LogP contribution in [0.5, 0.6) is 0 Å². The molecule has 4 rings (SSSR count). The van der Waals surface area contributed by atoms with Gasteiger partial charge in [-0.1, -0.05) is 46.8 Å². The van der Waals surface area contributed by atoms with Crippen molar-refractivity contribution in [2.45, 2.75) is 70.6 Å². The number of hydrogen-bond acceptors (Lipinski definition) is 4. The number of nitrogens with zero attached hydrogens (tertiary/aromatic N) is 2. The maximum atomic E-state index is 13.0. The third kappa shape index (κ3) is 5.07. The number of aryl methyl sites for hydroxylation is 1. The van der Waals surface area contributed by atoms with E-state index in [0.29, 0.717) is 12.1 Å². The van der Waals surface area contributed by atoms with Crippen LogP contribution >= 0.6 is 0 Å². The first-order chi connectivity index (χ1) is 16.5. The van der Waals surface area contributed by atoms with E-state index in [1.54, 1.807) is 7.05 Å². The Bertz CT molecular complexity index is 1270. The highest BCUT2D eigenvalue weighted by molar-refractivity contribution is 5.99. The molecule has 2 N–H and O–H groups in total. The molecule has 1 aliphatic rings. The molecule has 0 radical (unpaired) electrons. The molecule has 0 fully saturated rings. The van der Waals surface area contributed by atoms with Crippen LogP contribution in [-0.2, 0) is 22.0 Å². The maximum absolute atomic E-state index is 13.0. The second kappa shape index (κ2) is 9.40. The normalized spacial score (nSPS) is 15.7. The van der Waals surface area contributed by atoms with Gasteiger partial charge in [-0.15, -0.1) is 0 Å². The molecule has 3 aromatic rings. The van der Waals surface area contributed by atoms with Crippen molar-refractivity contribution in [3.8, 4) is 0 Å². The van der Waals surface area contributed by atoms with Crippen molar-refractivity contribution in [3.05, 3.63) is 70.8 Å². The fourth-order valence-corrected chi connectivity index (χ4v) is 4.88.